The lowest BCUT2D eigenvalue weighted by Gasteiger charge is -2.42. The van der Waals surface area contributed by atoms with Crippen LogP contribution in [0.1, 0.15) is 88.9 Å². The lowest BCUT2D eigenvalue weighted by atomic mass is 9.73. The Morgan fingerprint density at radius 1 is 1.07 bits per heavy atom. The molecule has 0 bridgehead atoms. The van der Waals surface area contributed by atoms with Crippen molar-refractivity contribution in [3.05, 3.63) is 18.5 Å². The molecule has 1 aromatic rings. The number of likely N-dealkylation sites (tertiary alicyclic amines) is 1. The van der Waals surface area contributed by atoms with E-state index in [9.17, 15) is 4.79 Å². The van der Waals surface area contributed by atoms with Crippen LogP contribution in [0.4, 0.5) is 0 Å². The van der Waals surface area contributed by atoms with Crippen LogP contribution in [0.2, 0.25) is 0 Å². The van der Waals surface area contributed by atoms with Crippen LogP contribution in [-0.4, -0.2) is 50.6 Å². The summed E-state index contributed by atoms with van der Waals surface area (Å²) in [5.74, 6) is 1.75. The van der Waals surface area contributed by atoms with E-state index in [-0.39, 0.29) is 11.4 Å². The topological polar surface area (TPSA) is 75.9 Å². The third-order valence-corrected chi connectivity index (χ3v) is 8.54. The van der Waals surface area contributed by atoms with Gasteiger partial charge in [-0.15, -0.1) is 5.10 Å². The lowest BCUT2D eigenvalue weighted by molar-refractivity contribution is -0.127. The van der Waals surface area contributed by atoms with E-state index >= 15 is 0 Å². The van der Waals surface area contributed by atoms with Crippen LogP contribution in [0.15, 0.2) is 12.7 Å². The van der Waals surface area contributed by atoms with E-state index in [0.29, 0.717) is 17.4 Å². The molecule has 7 heteroatoms. The Hall–Kier alpha value is -1.76. The van der Waals surface area contributed by atoms with Crippen molar-refractivity contribution in [2.24, 2.45) is 11.3 Å². The number of aromatic nitrogens is 4. The van der Waals surface area contributed by atoms with Gasteiger partial charge in [-0.25, -0.2) is 4.68 Å². The molecule has 3 aliphatic carbocycles. The number of carbonyl (C=O) groups is 1. The van der Waals surface area contributed by atoms with E-state index in [4.69, 9.17) is 0 Å². The number of rotatable bonds is 6. The highest BCUT2D eigenvalue weighted by Crippen LogP contribution is 2.59. The summed E-state index contributed by atoms with van der Waals surface area (Å²) in [4.78, 5) is 13.8. The summed E-state index contributed by atoms with van der Waals surface area (Å²) in [5, 5.41) is 17.2. The van der Waals surface area contributed by atoms with Crippen LogP contribution >= 0.6 is 0 Å². The van der Waals surface area contributed by atoms with E-state index in [2.05, 4.69) is 32.1 Å². The van der Waals surface area contributed by atoms with E-state index in [1.807, 2.05) is 4.90 Å². The molecule has 5 rings (SSSR count). The van der Waals surface area contributed by atoms with Crippen LogP contribution in [-0.2, 0) is 10.3 Å². The number of amides is 1. The minimum atomic E-state index is -0.0893. The summed E-state index contributed by atoms with van der Waals surface area (Å²) >= 11 is 0. The van der Waals surface area contributed by atoms with Gasteiger partial charge in [0.05, 0.1) is 11.6 Å². The summed E-state index contributed by atoms with van der Waals surface area (Å²) in [5.41, 5.74) is 0.543. The Kier molecular flexibility index (Phi) is 5.42. The predicted molar refractivity (Wildman–Crippen MR) is 115 cm³/mol. The van der Waals surface area contributed by atoms with Crippen molar-refractivity contribution in [3.8, 4) is 0 Å². The molecule has 1 N–H and O–H groups in total. The first-order valence-corrected chi connectivity index (χ1v) is 12.1. The van der Waals surface area contributed by atoms with Gasteiger partial charge in [0.25, 0.3) is 0 Å². The largest absolute Gasteiger partial charge is 0.339 e. The van der Waals surface area contributed by atoms with Gasteiger partial charge in [-0.1, -0.05) is 19.4 Å². The van der Waals surface area contributed by atoms with Crippen molar-refractivity contribution in [2.75, 3.05) is 19.6 Å². The minimum absolute atomic E-state index is 0.0654. The number of hydrogen-bond acceptors (Lipinski definition) is 5. The van der Waals surface area contributed by atoms with Crippen LogP contribution in [0, 0.1) is 11.3 Å². The molecular formula is C23H36N6O. The summed E-state index contributed by atoms with van der Waals surface area (Å²) in [6, 6.07) is 0.471. The lowest BCUT2D eigenvalue weighted by Crippen LogP contribution is -2.50. The van der Waals surface area contributed by atoms with Crippen LogP contribution in [0.3, 0.4) is 0 Å². The van der Waals surface area contributed by atoms with Gasteiger partial charge < -0.3 is 10.2 Å². The number of carbonyl (C=O) groups excluding carboxylic acids is 1. The summed E-state index contributed by atoms with van der Waals surface area (Å²) < 4.78 is 2.18. The maximum atomic E-state index is 11.9. The molecule has 1 saturated heterocycles. The van der Waals surface area contributed by atoms with Gasteiger partial charge in [0, 0.05) is 13.1 Å². The molecular weight excluding hydrogens is 376 g/mol. The summed E-state index contributed by atoms with van der Waals surface area (Å²) in [7, 11) is 0. The summed E-state index contributed by atoms with van der Waals surface area (Å²) in [6.07, 6.45) is 16.2. The zero-order chi connectivity index (χ0) is 20.6. The predicted octanol–water partition coefficient (Wildman–Crippen LogP) is 3.35. The second-order valence-corrected chi connectivity index (χ2v) is 10.3. The highest BCUT2D eigenvalue weighted by molar-refractivity contribution is 5.87. The van der Waals surface area contributed by atoms with Gasteiger partial charge in [0.15, 0.2) is 5.82 Å². The number of nitrogens with zero attached hydrogens (tertiary/aromatic N) is 5. The highest BCUT2D eigenvalue weighted by atomic mass is 16.2. The molecule has 30 heavy (non-hydrogen) atoms. The zero-order valence-corrected chi connectivity index (χ0v) is 18.2. The standard InChI is InChI=1S/C23H36N6O/c1-2-20(30)28-15-7-18(8-16-28)17-24-23(13-11-22(9-10-22)12-14-23)21-25-26-27-29(21)19-5-3-4-6-19/h2,18-19,24H,1,3-17H2. The smallest absolute Gasteiger partial charge is 0.245 e. The maximum Gasteiger partial charge on any atom is 0.245 e. The Morgan fingerprint density at radius 2 is 1.73 bits per heavy atom. The first-order chi connectivity index (χ1) is 14.6. The Balaban J connectivity index is 1.29. The molecule has 0 radical (unpaired) electrons. The molecule has 1 amide bonds. The van der Waals surface area contributed by atoms with E-state index in [1.165, 1.54) is 57.4 Å². The average Bonchev–Trinajstić information content (AvgIpc) is 3.17. The Labute approximate surface area is 179 Å². The van der Waals surface area contributed by atoms with Crippen LogP contribution in [0.25, 0.3) is 0 Å². The molecule has 1 aromatic heterocycles. The van der Waals surface area contributed by atoms with Crippen LogP contribution in [0.5, 0.6) is 0 Å². The fourth-order valence-corrected chi connectivity index (χ4v) is 6.09. The molecule has 7 nitrogen and oxygen atoms in total. The molecule has 4 fully saturated rings. The molecule has 0 aromatic carbocycles. The van der Waals surface area contributed by atoms with Crippen molar-refractivity contribution >= 4 is 5.91 Å². The molecule has 1 aliphatic heterocycles. The van der Waals surface area contributed by atoms with Crippen molar-refractivity contribution in [1.29, 1.82) is 0 Å². The van der Waals surface area contributed by atoms with Crippen molar-refractivity contribution < 1.29 is 4.79 Å². The molecule has 4 aliphatic rings. The monoisotopic (exact) mass is 412 g/mol. The summed E-state index contributed by atoms with van der Waals surface area (Å²) in [6.45, 7) is 6.29. The van der Waals surface area contributed by atoms with Crippen molar-refractivity contribution in [3.63, 3.8) is 0 Å². The zero-order valence-electron chi connectivity index (χ0n) is 18.2. The van der Waals surface area contributed by atoms with Gasteiger partial charge >= 0.3 is 0 Å². The molecule has 3 saturated carbocycles. The number of piperidine rings is 1. The van der Waals surface area contributed by atoms with E-state index < -0.39 is 0 Å². The molecule has 0 atom stereocenters. The highest BCUT2D eigenvalue weighted by Gasteiger charge is 2.52. The quantitative estimate of drug-likeness (QED) is 0.725. The first kappa shape index (κ1) is 20.2. The third-order valence-electron chi connectivity index (χ3n) is 8.54. The SMILES string of the molecule is C=CC(=O)N1CCC(CNC2(c3nnnn3C3CCCC3)CCC3(CC3)CC2)CC1. The van der Waals surface area contributed by atoms with E-state index in [1.54, 1.807) is 0 Å². The van der Waals surface area contributed by atoms with Gasteiger partial charge in [0.1, 0.15) is 0 Å². The molecule has 1 spiro atoms. The van der Waals surface area contributed by atoms with Gasteiger partial charge in [-0.05, 0) is 98.6 Å². The molecule has 164 valence electrons. The van der Waals surface area contributed by atoms with E-state index in [0.717, 1.165) is 51.1 Å². The number of nitrogens with one attached hydrogen (secondary N) is 1. The second-order valence-electron chi connectivity index (χ2n) is 10.3. The first-order valence-electron chi connectivity index (χ1n) is 12.1. The number of tetrazole rings is 1. The minimum Gasteiger partial charge on any atom is -0.339 e. The normalized spacial score (nSPS) is 26.2. The van der Waals surface area contributed by atoms with Crippen LogP contribution < -0.4 is 5.32 Å². The fourth-order valence-electron chi connectivity index (χ4n) is 6.09. The fraction of sp³-hybridized carbons (Fsp3) is 0.826. The van der Waals surface area contributed by atoms with Gasteiger partial charge in [0.2, 0.25) is 5.91 Å². The van der Waals surface area contributed by atoms with Crippen molar-refractivity contribution in [2.45, 2.75) is 88.6 Å². The second kappa shape index (κ2) is 8.06. The van der Waals surface area contributed by atoms with Gasteiger partial charge in [-0.2, -0.15) is 0 Å². The molecule has 0 unspecified atom stereocenters. The Morgan fingerprint density at radius 3 is 2.37 bits per heavy atom. The molecule has 2 heterocycles. The maximum absolute atomic E-state index is 11.9. The number of hydrogen-bond donors (Lipinski definition) is 1. The Bertz CT molecular complexity index is 760. The average molecular weight is 413 g/mol. The third kappa shape index (κ3) is 3.81. The van der Waals surface area contributed by atoms with Crippen molar-refractivity contribution in [1.82, 2.24) is 30.4 Å². The van der Waals surface area contributed by atoms with Gasteiger partial charge in [-0.3, -0.25) is 4.79 Å².